The summed E-state index contributed by atoms with van der Waals surface area (Å²) < 4.78 is 11.6. The maximum Gasteiger partial charge on any atom is 0.175 e. The molecule has 0 aliphatic carbocycles. The SMILES string of the molecule is CCOc1c(Br)cc(C[NH3+])cc1OC. The van der Waals surface area contributed by atoms with Gasteiger partial charge < -0.3 is 15.2 Å². The van der Waals surface area contributed by atoms with Gasteiger partial charge in [0, 0.05) is 5.56 Å². The van der Waals surface area contributed by atoms with E-state index in [4.69, 9.17) is 9.47 Å². The molecule has 0 radical (unpaired) electrons. The number of benzene rings is 1. The third-order valence-electron chi connectivity index (χ3n) is 1.87. The summed E-state index contributed by atoms with van der Waals surface area (Å²) in [6, 6.07) is 3.95. The van der Waals surface area contributed by atoms with Gasteiger partial charge in [-0.1, -0.05) is 0 Å². The van der Waals surface area contributed by atoms with E-state index in [0.717, 1.165) is 28.1 Å². The number of halogens is 1. The number of hydrogen-bond acceptors (Lipinski definition) is 2. The number of rotatable bonds is 4. The van der Waals surface area contributed by atoms with Crippen molar-refractivity contribution in [2.75, 3.05) is 13.7 Å². The Balaban J connectivity index is 3.13. The van der Waals surface area contributed by atoms with Gasteiger partial charge in [-0.05, 0) is 35.0 Å². The first-order chi connectivity index (χ1) is 6.72. The zero-order valence-electron chi connectivity index (χ0n) is 8.47. The molecule has 0 aliphatic rings. The van der Waals surface area contributed by atoms with Crippen LogP contribution >= 0.6 is 15.9 Å². The minimum atomic E-state index is 0.624. The molecule has 1 aromatic rings. The monoisotopic (exact) mass is 260 g/mol. The Morgan fingerprint density at radius 1 is 1.43 bits per heavy atom. The number of methoxy groups -OCH3 is 1. The maximum atomic E-state index is 5.47. The van der Waals surface area contributed by atoms with E-state index in [1.165, 1.54) is 0 Å². The first-order valence-corrected chi connectivity index (χ1v) is 5.30. The number of quaternary nitrogens is 1. The van der Waals surface area contributed by atoms with Gasteiger partial charge >= 0.3 is 0 Å². The predicted molar refractivity (Wildman–Crippen MR) is 58.5 cm³/mol. The molecule has 0 heterocycles. The van der Waals surface area contributed by atoms with E-state index in [-0.39, 0.29) is 0 Å². The highest BCUT2D eigenvalue weighted by Crippen LogP contribution is 2.36. The van der Waals surface area contributed by atoms with Crippen LogP contribution in [0.3, 0.4) is 0 Å². The molecule has 3 nitrogen and oxygen atoms in total. The van der Waals surface area contributed by atoms with Crippen molar-refractivity contribution in [1.82, 2.24) is 0 Å². The first-order valence-electron chi connectivity index (χ1n) is 4.51. The van der Waals surface area contributed by atoms with Crippen molar-refractivity contribution >= 4 is 15.9 Å². The normalized spacial score (nSPS) is 10.0. The van der Waals surface area contributed by atoms with Crippen LogP contribution in [0.4, 0.5) is 0 Å². The fourth-order valence-electron chi connectivity index (χ4n) is 1.20. The molecule has 4 heteroatoms. The molecule has 0 amide bonds. The molecule has 0 bridgehead atoms. The summed E-state index contributed by atoms with van der Waals surface area (Å²) in [5, 5.41) is 0. The van der Waals surface area contributed by atoms with Crippen LogP contribution in [0, 0.1) is 0 Å². The molecular weight excluding hydrogens is 246 g/mol. The van der Waals surface area contributed by atoms with Gasteiger partial charge in [-0.15, -0.1) is 0 Å². The van der Waals surface area contributed by atoms with Crippen LogP contribution in [0.15, 0.2) is 16.6 Å². The average molecular weight is 261 g/mol. The lowest BCUT2D eigenvalue weighted by atomic mass is 10.2. The van der Waals surface area contributed by atoms with Crippen LogP contribution in [0.2, 0.25) is 0 Å². The maximum absolute atomic E-state index is 5.47. The van der Waals surface area contributed by atoms with Crippen LogP contribution in [0.1, 0.15) is 12.5 Å². The van der Waals surface area contributed by atoms with Gasteiger partial charge in [0.25, 0.3) is 0 Å². The van der Waals surface area contributed by atoms with Crippen LogP contribution in [-0.4, -0.2) is 13.7 Å². The summed E-state index contributed by atoms with van der Waals surface area (Å²) in [4.78, 5) is 0. The van der Waals surface area contributed by atoms with E-state index in [0.29, 0.717) is 6.61 Å². The molecule has 1 aromatic carbocycles. The lowest BCUT2D eigenvalue weighted by molar-refractivity contribution is -0.386. The van der Waals surface area contributed by atoms with Gasteiger partial charge in [-0.2, -0.15) is 0 Å². The zero-order chi connectivity index (χ0) is 10.6. The highest BCUT2D eigenvalue weighted by molar-refractivity contribution is 9.10. The van der Waals surface area contributed by atoms with Gasteiger partial charge in [0.05, 0.1) is 24.7 Å². The minimum absolute atomic E-state index is 0.624. The van der Waals surface area contributed by atoms with Crippen LogP contribution < -0.4 is 15.2 Å². The van der Waals surface area contributed by atoms with E-state index in [9.17, 15) is 0 Å². The van der Waals surface area contributed by atoms with Crippen molar-refractivity contribution in [3.8, 4) is 11.5 Å². The van der Waals surface area contributed by atoms with E-state index in [1.807, 2.05) is 19.1 Å². The van der Waals surface area contributed by atoms with Crippen LogP contribution in [-0.2, 0) is 6.54 Å². The summed E-state index contributed by atoms with van der Waals surface area (Å²) in [6.07, 6.45) is 0. The van der Waals surface area contributed by atoms with Gasteiger partial charge in [0.15, 0.2) is 11.5 Å². The summed E-state index contributed by atoms with van der Waals surface area (Å²) in [6.45, 7) is 3.31. The Bertz CT molecular complexity index is 315. The second-order valence-corrected chi connectivity index (χ2v) is 3.65. The minimum Gasteiger partial charge on any atom is -0.493 e. The average Bonchev–Trinajstić information content (AvgIpc) is 2.20. The fourth-order valence-corrected chi connectivity index (χ4v) is 1.81. The van der Waals surface area contributed by atoms with Crippen molar-refractivity contribution in [3.05, 3.63) is 22.2 Å². The molecule has 1 rings (SSSR count). The van der Waals surface area contributed by atoms with Crippen molar-refractivity contribution in [1.29, 1.82) is 0 Å². The van der Waals surface area contributed by atoms with Gasteiger partial charge in [0.1, 0.15) is 0 Å². The Morgan fingerprint density at radius 3 is 2.64 bits per heavy atom. The molecule has 0 fully saturated rings. The molecule has 3 N–H and O–H groups in total. The lowest BCUT2D eigenvalue weighted by Crippen LogP contribution is -2.47. The summed E-state index contributed by atoms with van der Waals surface area (Å²) in [5.41, 5.74) is 4.95. The summed E-state index contributed by atoms with van der Waals surface area (Å²) in [5.74, 6) is 1.51. The molecule has 0 atom stereocenters. The van der Waals surface area contributed by atoms with Gasteiger partial charge in [0.2, 0.25) is 0 Å². The van der Waals surface area contributed by atoms with Crippen molar-refractivity contribution in [2.24, 2.45) is 0 Å². The van der Waals surface area contributed by atoms with Crippen LogP contribution in [0.25, 0.3) is 0 Å². The smallest absolute Gasteiger partial charge is 0.175 e. The van der Waals surface area contributed by atoms with Crippen molar-refractivity contribution in [3.63, 3.8) is 0 Å². The Labute approximate surface area is 92.3 Å². The molecule has 0 aromatic heterocycles. The summed E-state index contributed by atoms with van der Waals surface area (Å²) >= 11 is 3.45. The van der Waals surface area contributed by atoms with Crippen LogP contribution in [0.5, 0.6) is 11.5 Å². The molecule has 14 heavy (non-hydrogen) atoms. The molecule has 0 unspecified atom stereocenters. The molecule has 78 valence electrons. The second kappa shape index (κ2) is 5.22. The van der Waals surface area contributed by atoms with E-state index in [1.54, 1.807) is 7.11 Å². The molecule has 0 aliphatic heterocycles. The van der Waals surface area contributed by atoms with Crippen molar-refractivity contribution in [2.45, 2.75) is 13.5 Å². The predicted octanol–water partition coefficient (Wildman–Crippen LogP) is 1.60. The lowest BCUT2D eigenvalue weighted by Gasteiger charge is -2.12. The third-order valence-corrected chi connectivity index (χ3v) is 2.46. The summed E-state index contributed by atoms with van der Waals surface area (Å²) in [7, 11) is 1.64. The highest BCUT2D eigenvalue weighted by Gasteiger charge is 2.10. The van der Waals surface area contributed by atoms with Gasteiger partial charge in [-0.25, -0.2) is 0 Å². The highest BCUT2D eigenvalue weighted by atomic mass is 79.9. The molecule has 0 saturated carbocycles. The van der Waals surface area contributed by atoms with Gasteiger partial charge in [-0.3, -0.25) is 0 Å². The van der Waals surface area contributed by atoms with E-state index in [2.05, 4.69) is 21.7 Å². The molecule has 0 saturated heterocycles. The van der Waals surface area contributed by atoms with Crippen molar-refractivity contribution < 1.29 is 15.2 Å². The Kier molecular flexibility index (Phi) is 4.22. The number of hydrogen-bond donors (Lipinski definition) is 1. The first kappa shape index (κ1) is 11.3. The molecule has 0 spiro atoms. The quantitative estimate of drug-likeness (QED) is 0.894. The molecular formula is C10H15BrNO2+. The third kappa shape index (κ3) is 2.39. The Hall–Kier alpha value is -0.740. The van der Waals surface area contributed by atoms with E-state index >= 15 is 0 Å². The standard InChI is InChI=1S/C10H14BrNO2/c1-3-14-10-8(11)4-7(6-12)5-9(10)13-2/h4-5H,3,6,12H2,1-2H3/p+1. The fraction of sp³-hybridized carbons (Fsp3) is 0.400. The second-order valence-electron chi connectivity index (χ2n) is 2.79. The largest absolute Gasteiger partial charge is 0.493 e. The number of ether oxygens (including phenoxy) is 2. The zero-order valence-corrected chi connectivity index (χ0v) is 10.1. The van der Waals surface area contributed by atoms with E-state index < -0.39 is 0 Å². The Morgan fingerprint density at radius 2 is 2.14 bits per heavy atom. The topological polar surface area (TPSA) is 46.1 Å².